The Morgan fingerprint density at radius 3 is 2.67 bits per heavy atom. The molecule has 0 saturated carbocycles. The van der Waals surface area contributed by atoms with Gasteiger partial charge in [-0.15, -0.1) is 0 Å². The molecule has 1 aliphatic heterocycles. The van der Waals surface area contributed by atoms with E-state index in [0.29, 0.717) is 0 Å². The van der Waals surface area contributed by atoms with Gasteiger partial charge >= 0.3 is 0 Å². The molecular weight excluding hydrogens is 280 g/mol. The van der Waals surface area contributed by atoms with Gasteiger partial charge in [-0.25, -0.2) is 0 Å². The largest absolute Gasteiger partial charge is 0.383 e. The lowest BCUT2D eigenvalue weighted by Gasteiger charge is -2.16. The molecule has 3 heteroatoms. The van der Waals surface area contributed by atoms with Gasteiger partial charge in [-0.05, 0) is 55.1 Å². The fraction of sp³-hybridized carbons (Fsp3) is 0.333. The third-order valence-electron chi connectivity index (χ3n) is 4.04. The minimum Gasteiger partial charge on any atom is -0.383 e. The molecule has 0 radical (unpaired) electrons. The Labute approximate surface area is 131 Å². The number of nitrogens with one attached hydrogen (secondary N) is 2. The zero-order valence-corrected chi connectivity index (χ0v) is 12.9. The zero-order valence-electron chi connectivity index (χ0n) is 12.2. The average Bonchev–Trinajstić information content (AvgIpc) is 2.76. The summed E-state index contributed by atoms with van der Waals surface area (Å²) in [6, 6.07) is 14.8. The molecule has 0 amide bonds. The molecule has 0 fully saturated rings. The number of hydrogen-bond donors (Lipinski definition) is 2. The van der Waals surface area contributed by atoms with Crippen molar-refractivity contribution in [3.05, 3.63) is 64.2 Å². The average molecular weight is 301 g/mol. The fourth-order valence-corrected chi connectivity index (χ4v) is 3.16. The molecule has 2 aromatic carbocycles. The molecule has 1 heterocycles. The van der Waals surface area contributed by atoms with Crippen LogP contribution >= 0.6 is 11.6 Å². The molecule has 0 bridgehead atoms. The highest BCUT2D eigenvalue weighted by atomic mass is 35.5. The number of hydrogen-bond acceptors (Lipinski definition) is 2. The summed E-state index contributed by atoms with van der Waals surface area (Å²) in [4.78, 5) is 0. The van der Waals surface area contributed by atoms with Crippen LogP contribution in [0.15, 0.2) is 42.5 Å². The van der Waals surface area contributed by atoms with Gasteiger partial charge in [0.05, 0.1) is 10.7 Å². The molecule has 0 atom stereocenters. The van der Waals surface area contributed by atoms with Crippen molar-refractivity contribution in [2.75, 3.05) is 25.0 Å². The minimum atomic E-state index is 0.837. The molecule has 110 valence electrons. The third kappa shape index (κ3) is 3.58. The molecule has 2 N–H and O–H groups in total. The van der Waals surface area contributed by atoms with Crippen molar-refractivity contribution in [2.24, 2.45) is 0 Å². The van der Waals surface area contributed by atoms with E-state index in [4.69, 9.17) is 11.6 Å². The summed E-state index contributed by atoms with van der Waals surface area (Å²) in [6.45, 7) is 2.99. The van der Waals surface area contributed by atoms with Gasteiger partial charge < -0.3 is 10.6 Å². The van der Waals surface area contributed by atoms with Gasteiger partial charge in [-0.3, -0.25) is 0 Å². The number of benzene rings is 2. The van der Waals surface area contributed by atoms with Gasteiger partial charge in [0.25, 0.3) is 0 Å². The monoisotopic (exact) mass is 300 g/mol. The van der Waals surface area contributed by atoms with E-state index in [2.05, 4.69) is 47.0 Å². The van der Waals surface area contributed by atoms with Gasteiger partial charge in [0, 0.05) is 6.54 Å². The van der Waals surface area contributed by atoms with Crippen LogP contribution in [0.5, 0.6) is 0 Å². The maximum Gasteiger partial charge on any atom is 0.0640 e. The Morgan fingerprint density at radius 1 is 1.00 bits per heavy atom. The van der Waals surface area contributed by atoms with Gasteiger partial charge in [0.15, 0.2) is 0 Å². The summed E-state index contributed by atoms with van der Waals surface area (Å²) in [5, 5.41) is 7.85. The van der Waals surface area contributed by atoms with Crippen molar-refractivity contribution in [3.63, 3.8) is 0 Å². The van der Waals surface area contributed by atoms with E-state index in [1.165, 1.54) is 16.7 Å². The summed E-state index contributed by atoms with van der Waals surface area (Å²) in [5.74, 6) is 0. The van der Waals surface area contributed by atoms with Gasteiger partial charge in [0.2, 0.25) is 0 Å². The van der Waals surface area contributed by atoms with E-state index in [9.17, 15) is 0 Å². The Hall–Kier alpha value is -1.51. The maximum absolute atomic E-state index is 6.41. The van der Waals surface area contributed by atoms with Crippen LogP contribution in [-0.4, -0.2) is 19.6 Å². The number of rotatable bonds is 4. The van der Waals surface area contributed by atoms with Crippen LogP contribution < -0.4 is 10.6 Å². The first-order valence-corrected chi connectivity index (χ1v) is 8.01. The first-order valence-electron chi connectivity index (χ1n) is 7.63. The quantitative estimate of drug-likeness (QED) is 0.900. The van der Waals surface area contributed by atoms with Crippen molar-refractivity contribution in [1.29, 1.82) is 0 Å². The van der Waals surface area contributed by atoms with Gasteiger partial charge in [0.1, 0.15) is 0 Å². The second kappa shape index (κ2) is 6.97. The highest BCUT2D eigenvalue weighted by Crippen LogP contribution is 2.30. The first-order chi connectivity index (χ1) is 10.3. The molecule has 0 unspecified atom stereocenters. The van der Waals surface area contributed by atoms with E-state index in [0.717, 1.165) is 49.6 Å². The van der Waals surface area contributed by atoms with Gasteiger partial charge in [-0.1, -0.05) is 48.0 Å². The standard InChI is InChI=1S/C18H21ClN2/c19-17-7-6-15-9-11-20-12-10-16(15)18(17)21-13-8-14-4-2-1-3-5-14/h1-7,20-21H,8-13H2. The Morgan fingerprint density at radius 2 is 1.81 bits per heavy atom. The summed E-state index contributed by atoms with van der Waals surface area (Å²) in [6.07, 6.45) is 3.14. The molecule has 2 nitrogen and oxygen atoms in total. The van der Waals surface area contributed by atoms with E-state index >= 15 is 0 Å². The van der Waals surface area contributed by atoms with Crippen LogP contribution in [0.4, 0.5) is 5.69 Å². The third-order valence-corrected chi connectivity index (χ3v) is 4.36. The minimum absolute atomic E-state index is 0.837. The number of fused-ring (bicyclic) bond motifs is 1. The van der Waals surface area contributed by atoms with Crippen molar-refractivity contribution in [1.82, 2.24) is 5.32 Å². The summed E-state index contributed by atoms with van der Waals surface area (Å²) < 4.78 is 0. The predicted octanol–water partition coefficient (Wildman–Crippen LogP) is 3.68. The lowest BCUT2D eigenvalue weighted by Crippen LogP contribution is -2.16. The molecule has 0 aliphatic carbocycles. The van der Waals surface area contributed by atoms with Crippen molar-refractivity contribution in [2.45, 2.75) is 19.3 Å². The number of halogens is 1. The second-order valence-corrected chi connectivity index (χ2v) is 5.88. The molecule has 21 heavy (non-hydrogen) atoms. The topological polar surface area (TPSA) is 24.1 Å². The summed E-state index contributed by atoms with van der Waals surface area (Å²) >= 11 is 6.41. The van der Waals surface area contributed by atoms with E-state index in [-0.39, 0.29) is 0 Å². The van der Waals surface area contributed by atoms with E-state index in [1.807, 2.05) is 6.07 Å². The number of anilines is 1. The van der Waals surface area contributed by atoms with Crippen molar-refractivity contribution < 1.29 is 0 Å². The van der Waals surface area contributed by atoms with E-state index in [1.54, 1.807) is 0 Å². The van der Waals surface area contributed by atoms with Crippen LogP contribution in [-0.2, 0) is 19.3 Å². The molecule has 0 aromatic heterocycles. The maximum atomic E-state index is 6.41. The Balaban J connectivity index is 1.72. The summed E-state index contributed by atoms with van der Waals surface area (Å²) in [5.41, 5.74) is 5.30. The molecule has 0 spiro atoms. The SMILES string of the molecule is Clc1ccc2c(c1NCCc1ccccc1)CCNCC2. The predicted molar refractivity (Wildman–Crippen MR) is 90.4 cm³/mol. The molecule has 0 saturated heterocycles. The van der Waals surface area contributed by atoms with Crippen molar-refractivity contribution >= 4 is 17.3 Å². The lowest BCUT2D eigenvalue weighted by molar-refractivity contribution is 0.711. The Kier molecular flexibility index (Phi) is 4.79. The highest BCUT2D eigenvalue weighted by molar-refractivity contribution is 6.33. The summed E-state index contributed by atoms with van der Waals surface area (Å²) in [7, 11) is 0. The van der Waals surface area contributed by atoms with Crippen molar-refractivity contribution in [3.8, 4) is 0 Å². The normalized spacial score (nSPS) is 14.3. The zero-order chi connectivity index (χ0) is 14.5. The van der Waals surface area contributed by atoms with Crippen LogP contribution in [0, 0.1) is 0 Å². The lowest BCUT2D eigenvalue weighted by atomic mass is 10.0. The molecule has 2 aromatic rings. The molecule has 3 rings (SSSR count). The van der Waals surface area contributed by atoms with Crippen LogP contribution in [0.2, 0.25) is 5.02 Å². The van der Waals surface area contributed by atoms with Crippen LogP contribution in [0.3, 0.4) is 0 Å². The van der Waals surface area contributed by atoms with Crippen LogP contribution in [0.1, 0.15) is 16.7 Å². The molecular formula is C18H21ClN2. The van der Waals surface area contributed by atoms with E-state index < -0.39 is 0 Å². The fourth-order valence-electron chi connectivity index (χ4n) is 2.91. The highest BCUT2D eigenvalue weighted by Gasteiger charge is 2.14. The van der Waals surface area contributed by atoms with Crippen LogP contribution in [0.25, 0.3) is 0 Å². The second-order valence-electron chi connectivity index (χ2n) is 5.47. The smallest absolute Gasteiger partial charge is 0.0640 e. The first kappa shape index (κ1) is 14.4. The Bertz CT molecular complexity index is 596. The molecule has 1 aliphatic rings. The van der Waals surface area contributed by atoms with Gasteiger partial charge in [-0.2, -0.15) is 0 Å².